The molecule has 0 saturated carbocycles. The number of alkyl halides is 3. The molecule has 6 nitrogen and oxygen atoms in total. The van der Waals surface area contributed by atoms with E-state index >= 15 is 0 Å². The molecule has 0 radical (unpaired) electrons. The number of amides is 1. The molecule has 0 spiro atoms. The van der Waals surface area contributed by atoms with E-state index in [2.05, 4.69) is 5.32 Å². The topological polar surface area (TPSA) is 81.5 Å². The maximum absolute atomic E-state index is 12.9. The molecule has 9 heteroatoms. The van der Waals surface area contributed by atoms with Gasteiger partial charge >= 0.3 is 12.3 Å². The second kappa shape index (κ2) is 5.82. The number of halogens is 3. The lowest BCUT2D eigenvalue weighted by Crippen LogP contribution is -2.27. The van der Waals surface area contributed by atoms with Crippen LogP contribution in [0.4, 0.5) is 29.3 Å². The molecule has 1 rings (SSSR count). The summed E-state index contributed by atoms with van der Waals surface area (Å²) in [6.07, 6.45) is -5.77. The Balaban J connectivity index is 3.27. The third-order valence-electron chi connectivity index (χ3n) is 2.54. The predicted octanol–water partition coefficient (Wildman–Crippen LogP) is 4.27. The van der Waals surface area contributed by atoms with E-state index in [4.69, 9.17) is 4.74 Å². The number of benzene rings is 1. The van der Waals surface area contributed by atoms with Crippen molar-refractivity contribution in [1.29, 1.82) is 0 Å². The highest BCUT2D eigenvalue weighted by atomic mass is 19.4. The van der Waals surface area contributed by atoms with Crippen molar-refractivity contribution < 1.29 is 27.6 Å². The maximum Gasteiger partial charge on any atom is 0.416 e. The molecule has 0 aromatic heterocycles. The van der Waals surface area contributed by atoms with Gasteiger partial charge in [-0.3, -0.25) is 15.4 Å². The van der Waals surface area contributed by atoms with E-state index in [0.29, 0.717) is 6.07 Å². The van der Waals surface area contributed by atoms with Crippen LogP contribution in [0, 0.1) is 17.0 Å². The molecule has 0 heterocycles. The Bertz CT molecular complexity index is 607. The summed E-state index contributed by atoms with van der Waals surface area (Å²) in [7, 11) is 0. The van der Waals surface area contributed by atoms with Crippen LogP contribution in [0.15, 0.2) is 12.1 Å². The molecule has 0 aliphatic rings. The second-order valence-electron chi connectivity index (χ2n) is 5.55. The van der Waals surface area contributed by atoms with Crippen molar-refractivity contribution in [1.82, 2.24) is 0 Å². The highest BCUT2D eigenvalue weighted by molar-refractivity contribution is 5.87. The molecule has 0 saturated heterocycles. The van der Waals surface area contributed by atoms with Crippen LogP contribution in [-0.4, -0.2) is 16.6 Å². The second-order valence-corrected chi connectivity index (χ2v) is 5.55. The fourth-order valence-electron chi connectivity index (χ4n) is 1.64. The van der Waals surface area contributed by atoms with Gasteiger partial charge in [-0.15, -0.1) is 0 Å². The molecule has 0 aliphatic carbocycles. The van der Waals surface area contributed by atoms with Crippen molar-refractivity contribution >= 4 is 17.5 Å². The summed E-state index contributed by atoms with van der Waals surface area (Å²) < 4.78 is 43.7. The minimum Gasteiger partial charge on any atom is -0.444 e. The zero-order chi connectivity index (χ0) is 17.3. The van der Waals surface area contributed by atoms with Crippen LogP contribution < -0.4 is 5.32 Å². The summed E-state index contributed by atoms with van der Waals surface area (Å²) >= 11 is 0. The van der Waals surface area contributed by atoms with Gasteiger partial charge in [-0.25, -0.2) is 4.79 Å². The fraction of sp³-hybridized carbons (Fsp3) is 0.462. The van der Waals surface area contributed by atoms with Crippen molar-refractivity contribution in [2.24, 2.45) is 0 Å². The Kier molecular flexibility index (Phi) is 4.69. The molecule has 22 heavy (non-hydrogen) atoms. The van der Waals surface area contributed by atoms with Crippen LogP contribution in [0.1, 0.15) is 31.9 Å². The molecule has 122 valence electrons. The quantitative estimate of drug-likeness (QED) is 0.651. The molecule has 0 bridgehead atoms. The highest BCUT2D eigenvalue weighted by Gasteiger charge is 2.35. The Morgan fingerprint density at radius 2 is 1.82 bits per heavy atom. The number of carbonyl (C=O) groups excluding carboxylic acids is 1. The zero-order valence-corrected chi connectivity index (χ0v) is 12.4. The van der Waals surface area contributed by atoms with Gasteiger partial charge in [-0.05, 0) is 33.3 Å². The zero-order valence-electron chi connectivity index (χ0n) is 12.4. The van der Waals surface area contributed by atoms with Gasteiger partial charge in [0, 0.05) is 12.1 Å². The number of ether oxygens (including phenoxy) is 1. The largest absolute Gasteiger partial charge is 0.444 e. The number of hydrogen-bond donors (Lipinski definition) is 1. The average molecular weight is 320 g/mol. The van der Waals surface area contributed by atoms with Crippen LogP contribution in [-0.2, 0) is 10.9 Å². The SMILES string of the molecule is Cc1c(NC(=O)OC(C)(C)C)cc([N+](=O)[O-])cc1C(F)(F)F. The van der Waals surface area contributed by atoms with E-state index in [0.717, 1.165) is 13.0 Å². The van der Waals surface area contributed by atoms with Crippen LogP contribution in [0.5, 0.6) is 0 Å². The van der Waals surface area contributed by atoms with Crippen molar-refractivity contribution in [3.63, 3.8) is 0 Å². The summed E-state index contributed by atoms with van der Waals surface area (Å²) in [6.45, 7) is 5.84. The normalized spacial score (nSPS) is 12.0. The first-order valence-corrected chi connectivity index (χ1v) is 6.17. The lowest BCUT2D eigenvalue weighted by atomic mass is 10.0. The number of rotatable bonds is 2. The van der Waals surface area contributed by atoms with Gasteiger partial charge in [0.2, 0.25) is 0 Å². The number of nitro benzene ring substituents is 1. The fourth-order valence-corrected chi connectivity index (χ4v) is 1.64. The Labute approximate surface area is 124 Å². The number of carbonyl (C=O) groups is 1. The lowest BCUT2D eigenvalue weighted by molar-refractivity contribution is -0.385. The predicted molar refractivity (Wildman–Crippen MR) is 72.7 cm³/mol. The first-order chi connectivity index (χ1) is 9.81. The average Bonchev–Trinajstić information content (AvgIpc) is 2.27. The third kappa shape index (κ3) is 4.61. The number of nitrogens with zero attached hydrogens (tertiary/aromatic N) is 1. The molecular formula is C13H15F3N2O4. The molecular weight excluding hydrogens is 305 g/mol. The number of nitro groups is 1. The summed E-state index contributed by atoms with van der Waals surface area (Å²) in [4.78, 5) is 21.4. The lowest BCUT2D eigenvalue weighted by Gasteiger charge is -2.21. The molecule has 0 atom stereocenters. The van der Waals surface area contributed by atoms with Crippen molar-refractivity contribution in [3.8, 4) is 0 Å². The molecule has 1 aromatic carbocycles. The van der Waals surface area contributed by atoms with Gasteiger partial charge in [0.1, 0.15) is 5.60 Å². The standard InChI is InChI=1S/C13H15F3N2O4/c1-7-9(13(14,15)16)5-8(18(20)21)6-10(7)17-11(19)22-12(2,3)4/h5-6H,1-4H3,(H,17,19). The number of non-ortho nitro benzene ring substituents is 1. The monoisotopic (exact) mass is 320 g/mol. The van der Waals surface area contributed by atoms with Crippen molar-refractivity contribution in [2.75, 3.05) is 5.32 Å². The van der Waals surface area contributed by atoms with E-state index in [1.54, 1.807) is 20.8 Å². The molecule has 0 fully saturated rings. The van der Waals surface area contributed by atoms with E-state index in [1.165, 1.54) is 0 Å². The number of nitrogens with one attached hydrogen (secondary N) is 1. The van der Waals surface area contributed by atoms with Crippen LogP contribution >= 0.6 is 0 Å². The Morgan fingerprint density at radius 3 is 2.23 bits per heavy atom. The molecule has 0 unspecified atom stereocenters. The summed E-state index contributed by atoms with van der Waals surface area (Å²) in [5, 5.41) is 12.9. The highest BCUT2D eigenvalue weighted by Crippen LogP contribution is 2.37. The van der Waals surface area contributed by atoms with E-state index < -0.39 is 34.0 Å². The van der Waals surface area contributed by atoms with E-state index in [-0.39, 0.29) is 11.3 Å². The minimum atomic E-state index is -4.78. The molecule has 1 N–H and O–H groups in total. The molecule has 1 aromatic rings. The van der Waals surface area contributed by atoms with Crippen LogP contribution in [0.2, 0.25) is 0 Å². The molecule has 0 aliphatic heterocycles. The summed E-state index contributed by atoms with van der Waals surface area (Å²) in [5.41, 5.74) is -3.47. The Hall–Kier alpha value is -2.32. The Morgan fingerprint density at radius 1 is 1.27 bits per heavy atom. The van der Waals surface area contributed by atoms with Gasteiger partial charge in [-0.2, -0.15) is 13.2 Å². The van der Waals surface area contributed by atoms with Crippen molar-refractivity contribution in [2.45, 2.75) is 39.5 Å². The van der Waals surface area contributed by atoms with Crippen molar-refractivity contribution in [3.05, 3.63) is 33.4 Å². The summed E-state index contributed by atoms with van der Waals surface area (Å²) in [6, 6.07) is 1.28. The third-order valence-corrected chi connectivity index (χ3v) is 2.54. The van der Waals surface area contributed by atoms with Gasteiger partial charge in [0.05, 0.1) is 16.2 Å². The molecule has 1 amide bonds. The smallest absolute Gasteiger partial charge is 0.416 e. The van der Waals surface area contributed by atoms with Gasteiger partial charge in [-0.1, -0.05) is 0 Å². The minimum absolute atomic E-state index is 0.323. The number of hydrogen-bond acceptors (Lipinski definition) is 4. The van der Waals surface area contributed by atoms with Gasteiger partial charge in [0.15, 0.2) is 0 Å². The summed E-state index contributed by atoms with van der Waals surface area (Å²) in [5.74, 6) is 0. The first-order valence-electron chi connectivity index (χ1n) is 6.17. The van der Waals surface area contributed by atoms with Gasteiger partial charge < -0.3 is 4.74 Å². The van der Waals surface area contributed by atoms with Crippen LogP contribution in [0.3, 0.4) is 0 Å². The number of anilines is 1. The van der Waals surface area contributed by atoms with E-state index in [1.807, 2.05) is 0 Å². The van der Waals surface area contributed by atoms with Crippen LogP contribution in [0.25, 0.3) is 0 Å². The van der Waals surface area contributed by atoms with E-state index in [9.17, 15) is 28.1 Å². The maximum atomic E-state index is 12.9. The first kappa shape index (κ1) is 17.7. The van der Waals surface area contributed by atoms with Gasteiger partial charge in [0.25, 0.3) is 5.69 Å².